The number of nitro groups is 1. The minimum atomic E-state index is -0.426. The fourth-order valence-electron chi connectivity index (χ4n) is 2.03. The van der Waals surface area contributed by atoms with Crippen molar-refractivity contribution in [2.75, 3.05) is 30.8 Å². The maximum atomic E-state index is 10.8. The summed E-state index contributed by atoms with van der Waals surface area (Å²) in [6, 6.07) is 2.84. The molecule has 7 heteroatoms. The van der Waals surface area contributed by atoms with Crippen molar-refractivity contribution in [3.63, 3.8) is 0 Å². The van der Waals surface area contributed by atoms with Gasteiger partial charge in [0.05, 0.1) is 23.2 Å². The molecule has 1 aliphatic heterocycles. The standard InChI is InChI=1S/C12H18N4O3/c1-13-11-6-9(16(17)18)7-12(15-11)14-8-10-4-2-3-5-19-10/h6-7,10H,2-5,8H2,1H3,(H2,13,14,15). The van der Waals surface area contributed by atoms with E-state index < -0.39 is 4.92 Å². The summed E-state index contributed by atoms with van der Waals surface area (Å²) in [5.74, 6) is 0.967. The molecular formula is C12H18N4O3. The summed E-state index contributed by atoms with van der Waals surface area (Å²) in [4.78, 5) is 14.6. The van der Waals surface area contributed by atoms with E-state index in [0.717, 1.165) is 25.9 Å². The number of anilines is 2. The summed E-state index contributed by atoms with van der Waals surface area (Å²) in [5.41, 5.74) is 0.0198. The lowest BCUT2D eigenvalue weighted by Crippen LogP contribution is -2.27. The van der Waals surface area contributed by atoms with Crippen molar-refractivity contribution < 1.29 is 9.66 Å². The van der Waals surface area contributed by atoms with Crippen LogP contribution in [-0.4, -0.2) is 36.2 Å². The van der Waals surface area contributed by atoms with Crippen molar-refractivity contribution in [2.45, 2.75) is 25.4 Å². The van der Waals surface area contributed by atoms with Gasteiger partial charge in [0, 0.05) is 20.2 Å². The molecule has 1 fully saturated rings. The van der Waals surface area contributed by atoms with Gasteiger partial charge in [-0.2, -0.15) is 0 Å². The minimum Gasteiger partial charge on any atom is -0.376 e. The topological polar surface area (TPSA) is 89.3 Å². The van der Waals surface area contributed by atoms with E-state index >= 15 is 0 Å². The monoisotopic (exact) mass is 266 g/mol. The van der Waals surface area contributed by atoms with E-state index in [9.17, 15) is 10.1 Å². The van der Waals surface area contributed by atoms with E-state index in [0.29, 0.717) is 18.2 Å². The lowest BCUT2D eigenvalue weighted by atomic mass is 10.1. The molecular weight excluding hydrogens is 248 g/mol. The summed E-state index contributed by atoms with van der Waals surface area (Å²) in [5, 5.41) is 16.7. The average molecular weight is 266 g/mol. The predicted octanol–water partition coefficient (Wildman–Crippen LogP) is 2.01. The van der Waals surface area contributed by atoms with Crippen LogP contribution in [0.2, 0.25) is 0 Å². The Labute approximate surface area is 111 Å². The van der Waals surface area contributed by atoms with E-state index in [4.69, 9.17) is 4.74 Å². The number of hydrogen-bond acceptors (Lipinski definition) is 6. The molecule has 2 N–H and O–H groups in total. The fourth-order valence-corrected chi connectivity index (χ4v) is 2.03. The van der Waals surface area contributed by atoms with Gasteiger partial charge in [-0.1, -0.05) is 0 Å². The van der Waals surface area contributed by atoms with Crippen molar-refractivity contribution in [2.24, 2.45) is 0 Å². The Hall–Kier alpha value is -1.89. The first kappa shape index (κ1) is 13.5. The molecule has 1 saturated heterocycles. The molecule has 19 heavy (non-hydrogen) atoms. The number of pyridine rings is 1. The van der Waals surface area contributed by atoms with Gasteiger partial charge in [0.15, 0.2) is 0 Å². The summed E-state index contributed by atoms with van der Waals surface area (Å²) in [6.07, 6.45) is 3.44. The fraction of sp³-hybridized carbons (Fsp3) is 0.583. The molecule has 2 rings (SSSR count). The molecule has 0 bridgehead atoms. The molecule has 1 unspecified atom stereocenters. The summed E-state index contributed by atoms with van der Waals surface area (Å²) in [6.45, 7) is 1.41. The van der Waals surface area contributed by atoms with Crippen LogP contribution >= 0.6 is 0 Å². The molecule has 1 atom stereocenters. The van der Waals surface area contributed by atoms with Gasteiger partial charge in [-0.3, -0.25) is 10.1 Å². The van der Waals surface area contributed by atoms with Gasteiger partial charge < -0.3 is 15.4 Å². The first-order chi connectivity index (χ1) is 9.19. The third-order valence-electron chi connectivity index (χ3n) is 3.06. The summed E-state index contributed by atoms with van der Waals surface area (Å²) in [7, 11) is 1.68. The number of aromatic nitrogens is 1. The zero-order valence-corrected chi connectivity index (χ0v) is 10.9. The van der Waals surface area contributed by atoms with Crippen LogP contribution in [0.15, 0.2) is 12.1 Å². The average Bonchev–Trinajstić information content (AvgIpc) is 2.45. The molecule has 1 aromatic heterocycles. The smallest absolute Gasteiger partial charge is 0.276 e. The van der Waals surface area contributed by atoms with E-state index in [-0.39, 0.29) is 11.8 Å². The number of rotatable bonds is 5. The highest BCUT2D eigenvalue weighted by molar-refractivity contribution is 5.54. The zero-order valence-electron chi connectivity index (χ0n) is 10.9. The van der Waals surface area contributed by atoms with Crippen LogP contribution in [0, 0.1) is 10.1 Å². The summed E-state index contributed by atoms with van der Waals surface area (Å²) < 4.78 is 5.59. The highest BCUT2D eigenvalue weighted by Crippen LogP contribution is 2.21. The predicted molar refractivity (Wildman–Crippen MR) is 72.5 cm³/mol. The zero-order chi connectivity index (χ0) is 13.7. The first-order valence-corrected chi connectivity index (χ1v) is 6.39. The third-order valence-corrected chi connectivity index (χ3v) is 3.06. The molecule has 7 nitrogen and oxygen atoms in total. The molecule has 0 aromatic carbocycles. The summed E-state index contributed by atoms with van der Waals surface area (Å²) >= 11 is 0. The molecule has 1 aromatic rings. The normalized spacial score (nSPS) is 18.9. The van der Waals surface area contributed by atoms with Crippen molar-refractivity contribution in [1.82, 2.24) is 4.98 Å². The first-order valence-electron chi connectivity index (χ1n) is 6.39. The third kappa shape index (κ3) is 3.78. The Bertz CT molecular complexity index is 447. The van der Waals surface area contributed by atoms with Gasteiger partial charge in [0.2, 0.25) is 0 Å². The van der Waals surface area contributed by atoms with Gasteiger partial charge in [-0.05, 0) is 19.3 Å². The van der Waals surface area contributed by atoms with Crippen molar-refractivity contribution in [1.29, 1.82) is 0 Å². The van der Waals surface area contributed by atoms with Crippen molar-refractivity contribution in [3.05, 3.63) is 22.2 Å². The van der Waals surface area contributed by atoms with Crippen LogP contribution in [0.3, 0.4) is 0 Å². The van der Waals surface area contributed by atoms with Crippen LogP contribution in [0.4, 0.5) is 17.3 Å². The highest BCUT2D eigenvalue weighted by atomic mass is 16.6. The van der Waals surface area contributed by atoms with E-state index in [1.807, 2.05) is 0 Å². The Morgan fingerprint density at radius 1 is 1.47 bits per heavy atom. The van der Waals surface area contributed by atoms with E-state index in [1.165, 1.54) is 12.1 Å². The molecule has 0 saturated carbocycles. The second-order valence-corrected chi connectivity index (χ2v) is 4.47. The maximum Gasteiger partial charge on any atom is 0.276 e. The number of nitrogens with one attached hydrogen (secondary N) is 2. The number of hydrogen-bond donors (Lipinski definition) is 2. The molecule has 0 radical (unpaired) electrons. The Kier molecular flexibility index (Phi) is 4.51. The quantitative estimate of drug-likeness (QED) is 0.626. The van der Waals surface area contributed by atoms with Crippen LogP contribution in [0.25, 0.3) is 0 Å². The van der Waals surface area contributed by atoms with Gasteiger partial charge in [-0.25, -0.2) is 4.98 Å². The van der Waals surface area contributed by atoms with Crippen LogP contribution in [0.5, 0.6) is 0 Å². The van der Waals surface area contributed by atoms with Gasteiger partial charge in [0.1, 0.15) is 11.6 Å². The van der Waals surface area contributed by atoms with E-state index in [2.05, 4.69) is 15.6 Å². The largest absolute Gasteiger partial charge is 0.376 e. The SMILES string of the molecule is CNc1cc([N+](=O)[O-])cc(NCC2CCCCO2)n1. The molecule has 2 heterocycles. The number of nitrogens with zero attached hydrogens (tertiary/aromatic N) is 2. The van der Waals surface area contributed by atoms with E-state index in [1.54, 1.807) is 7.05 Å². The van der Waals surface area contributed by atoms with Crippen LogP contribution in [0.1, 0.15) is 19.3 Å². The Balaban J connectivity index is 2.02. The lowest BCUT2D eigenvalue weighted by Gasteiger charge is -2.22. The Morgan fingerprint density at radius 2 is 2.26 bits per heavy atom. The maximum absolute atomic E-state index is 10.8. The highest BCUT2D eigenvalue weighted by Gasteiger charge is 2.15. The van der Waals surface area contributed by atoms with Gasteiger partial charge in [0.25, 0.3) is 5.69 Å². The molecule has 104 valence electrons. The second-order valence-electron chi connectivity index (χ2n) is 4.47. The minimum absolute atomic E-state index is 0.0198. The second kappa shape index (κ2) is 6.33. The lowest BCUT2D eigenvalue weighted by molar-refractivity contribution is -0.384. The van der Waals surface area contributed by atoms with Gasteiger partial charge in [-0.15, -0.1) is 0 Å². The molecule has 0 aliphatic carbocycles. The van der Waals surface area contributed by atoms with Crippen molar-refractivity contribution >= 4 is 17.3 Å². The van der Waals surface area contributed by atoms with Crippen LogP contribution in [-0.2, 0) is 4.74 Å². The Morgan fingerprint density at radius 3 is 2.89 bits per heavy atom. The molecule has 0 amide bonds. The number of ether oxygens (including phenoxy) is 1. The van der Waals surface area contributed by atoms with Gasteiger partial charge >= 0.3 is 0 Å². The molecule has 1 aliphatic rings. The molecule has 0 spiro atoms. The van der Waals surface area contributed by atoms with Crippen LogP contribution < -0.4 is 10.6 Å². The van der Waals surface area contributed by atoms with Crippen molar-refractivity contribution in [3.8, 4) is 0 Å².